The van der Waals surface area contributed by atoms with Crippen molar-refractivity contribution in [3.63, 3.8) is 0 Å². The zero-order valence-corrected chi connectivity index (χ0v) is 11.1. The Morgan fingerprint density at radius 1 is 1.44 bits per heavy atom. The molecule has 0 aliphatic rings. The SMILES string of the molecule is C=C(C)CNC(=O)CCc1c(C)nc(C)[nH]c1=O. The van der Waals surface area contributed by atoms with Crippen LogP contribution < -0.4 is 10.9 Å². The molecular formula is C13H19N3O2. The number of hydrogen-bond donors (Lipinski definition) is 2. The standard InChI is InChI=1S/C13H19N3O2/c1-8(2)7-14-12(17)6-5-11-9(3)15-10(4)16-13(11)18/h1,5-7H2,2-4H3,(H,14,17)(H,15,16,18). The van der Waals surface area contributed by atoms with E-state index in [1.807, 2.05) is 6.92 Å². The summed E-state index contributed by atoms with van der Waals surface area (Å²) in [5.74, 6) is 0.505. The lowest BCUT2D eigenvalue weighted by Gasteiger charge is -2.06. The van der Waals surface area contributed by atoms with Gasteiger partial charge in [0.2, 0.25) is 5.91 Å². The normalized spacial score (nSPS) is 10.2. The van der Waals surface area contributed by atoms with Crippen molar-refractivity contribution in [2.75, 3.05) is 6.54 Å². The number of hydrogen-bond acceptors (Lipinski definition) is 3. The van der Waals surface area contributed by atoms with E-state index >= 15 is 0 Å². The number of aryl methyl sites for hydroxylation is 2. The Labute approximate surface area is 106 Å². The summed E-state index contributed by atoms with van der Waals surface area (Å²) < 4.78 is 0. The molecule has 0 unspecified atom stereocenters. The largest absolute Gasteiger partial charge is 0.352 e. The van der Waals surface area contributed by atoms with E-state index in [1.54, 1.807) is 13.8 Å². The van der Waals surface area contributed by atoms with Gasteiger partial charge in [0, 0.05) is 24.2 Å². The topological polar surface area (TPSA) is 74.8 Å². The summed E-state index contributed by atoms with van der Waals surface area (Å²) in [5.41, 5.74) is 2.00. The van der Waals surface area contributed by atoms with Crippen LogP contribution in [0.4, 0.5) is 0 Å². The van der Waals surface area contributed by atoms with Crippen LogP contribution in [0.2, 0.25) is 0 Å². The van der Waals surface area contributed by atoms with Gasteiger partial charge in [0.15, 0.2) is 0 Å². The molecule has 1 heterocycles. The van der Waals surface area contributed by atoms with Crippen LogP contribution in [0.3, 0.4) is 0 Å². The van der Waals surface area contributed by atoms with E-state index in [0.717, 1.165) is 5.57 Å². The summed E-state index contributed by atoms with van der Waals surface area (Å²) in [4.78, 5) is 30.0. The molecular weight excluding hydrogens is 230 g/mol. The lowest BCUT2D eigenvalue weighted by Crippen LogP contribution is -2.26. The maximum Gasteiger partial charge on any atom is 0.254 e. The fraction of sp³-hybridized carbons (Fsp3) is 0.462. The van der Waals surface area contributed by atoms with Crippen molar-refractivity contribution in [2.24, 2.45) is 0 Å². The molecule has 1 rings (SSSR count). The van der Waals surface area contributed by atoms with Crippen molar-refractivity contribution in [3.05, 3.63) is 39.6 Å². The molecule has 5 heteroatoms. The lowest BCUT2D eigenvalue weighted by molar-refractivity contribution is -0.120. The van der Waals surface area contributed by atoms with Gasteiger partial charge < -0.3 is 10.3 Å². The number of rotatable bonds is 5. The average Bonchev–Trinajstić information content (AvgIpc) is 2.24. The molecule has 0 saturated heterocycles. The number of carbonyl (C=O) groups is 1. The van der Waals surface area contributed by atoms with Crippen LogP contribution in [0.5, 0.6) is 0 Å². The number of nitrogens with zero attached hydrogens (tertiary/aromatic N) is 1. The first-order valence-corrected chi connectivity index (χ1v) is 5.87. The number of amides is 1. The Morgan fingerprint density at radius 3 is 2.67 bits per heavy atom. The van der Waals surface area contributed by atoms with Gasteiger partial charge in [-0.2, -0.15) is 0 Å². The number of aromatic amines is 1. The molecule has 1 aromatic heterocycles. The minimum absolute atomic E-state index is 0.0858. The number of carbonyl (C=O) groups excluding carboxylic acids is 1. The smallest absolute Gasteiger partial charge is 0.254 e. The molecule has 2 N–H and O–H groups in total. The van der Waals surface area contributed by atoms with E-state index in [9.17, 15) is 9.59 Å². The molecule has 0 radical (unpaired) electrons. The van der Waals surface area contributed by atoms with E-state index < -0.39 is 0 Å². The first-order chi connectivity index (χ1) is 8.40. The molecule has 0 bridgehead atoms. The quantitative estimate of drug-likeness (QED) is 0.765. The molecule has 5 nitrogen and oxygen atoms in total. The van der Waals surface area contributed by atoms with E-state index in [1.165, 1.54) is 0 Å². The molecule has 98 valence electrons. The third kappa shape index (κ3) is 4.16. The highest BCUT2D eigenvalue weighted by Crippen LogP contribution is 2.02. The number of nitrogens with one attached hydrogen (secondary N) is 2. The van der Waals surface area contributed by atoms with Crippen LogP contribution in [0, 0.1) is 13.8 Å². The van der Waals surface area contributed by atoms with Crippen LogP contribution in [-0.2, 0) is 11.2 Å². The van der Waals surface area contributed by atoms with Gasteiger partial charge in [0.25, 0.3) is 5.56 Å². The maximum atomic E-state index is 11.7. The minimum Gasteiger partial charge on any atom is -0.352 e. The highest BCUT2D eigenvalue weighted by atomic mass is 16.1. The molecule has 0 aliphatic carbocycles. The van der Waals surface area contributed by atoms with Crippen molar-refractivity contribution < 1.29 is 4.79 Å². The Balaban J connectivity index is 2.61. The number of H-pyrrole nitrogens is 1. The van der Waals surface area contributed by atoms with Crippen LogP contribution in [-0.4, -0.2) is 22.4 Å². The Hall–Kier alpha value is -1.91. The van der Waals surface area contributed by atoms with Gasteiger partial charge in [0.1, 0.15) is 5.82 Å². The molecule has 0 aromatic carbocycles. The van der Waals surface area contributed by atoms with Crippen molar-refractivity contribution in [3.8, 4) is 0 Å². The predicted molar refractivity (Wildman–Crippen MR) is 70.5 cm³/mol. The zero-order valence-electron chi connectivity index (χ0n) is 11.1. The third-order valence-corrected chi connectivity index (χ3v) is 2.53. The summed E-state index contributed by atoms with van der Waals surface area (Å²) in [6.07, 6.45) is 0.679. The fourth-order valence-electron chi connectivity index (χ4n) is 1.62. The Kier molecular flexibility index (Phi) is 4.83. The van der Waals surface area contributed by atoms with Gasteiger partial charge in [-0.25, -0.2) is 4.98 Å². The van der Waals surface area contributed by atoms with Crippen LogP contribution in [0.25, 0.3) is 0 Å². The maximum absolute atomic E-state index is 11.7. The fourth-order valence-corrected chi connectivity index (χ4v) is 1.62. The van der Waals surface area contributed by atoms with Crippen molar-refractivity contribution >= 4 is 5.91 Å². The first kappa shape index (κ1) is 14.2. The summed E-state index contributed by atoms with van der Waals surface area (Å²) >= 11 is 0. The summed E-state index contributed by atoms with van der Waals surface area (Å²) in [5, 5.41) is 2.73. The van der Waals surface area contributed by atoms with Crippen LogP contribution >= 0.6 is 0 Å². The minimum atomic E-state index is -0.160. The summed E-state index contributed by atoms with van der Waals surface area (Å²) in [7, 11) is 0. The average molecular weight is 249 g/mol. The van der Waals surface area contributed by atoms with Gasteiger partial charge in [-0.1, -0.05) is 12.2 Å². The summed E-state index contributed by atoms with van der Waals surface area (Å²) in [6, 6.07) is 0. The molecule has 0 atom stereocenters. The molecule has 1 amide bonds. The van der Waals surface area contributed by atoms with Crippen LogP contribution in [0.15, 0.2) is 16.9 Å². The van der Waals surface area contributed by atoms with E-state index in [-0.39, 0.29) is 17.9 Å². The van der Waals surface area contributed by atoms with E-state index in [0.29, 0.717) is 30.0 Å². The Bertz CT molecular complexity index is 517. The highest BCUT2D eigenvalue weighted by Gasteiger charge is 2.09. The molecule has 0 aliphatic heterocycles. The lowest BCUT2D eigenvalue weighted by atomic mass is 10.1. The van der Waals surface area contributed by atoms with Crippen LogP contribution in [0.1, 0.15) is 30.4 Å². The van der Waals surface area contributed by atoms with Crippen molar-refractivity contribution in [1.82, 2.24) is 15.3 Å². The molecule has 0 saturated carbocycles. The second-order valence-electron chi connectivity index (χ2n) is 4.45. The van der Waals surface area contributed by atoms with Gasteiger partial charge in [-0.3, -0.25) is 9.59 Å². The van der Waals surface area contributed by atoms with E-state index in [4.69, 9.17) is 0 Å². The highest BCUT2D eigenvalue weighted by molar-refractivity contribution is 5.76. The predicted octanol–water partition coefficient (Wildman–Crippen LogP) is 1.01. The number of aromatic nitrogens is 2. The zero-order chi connectivity index (χ0) is 13.7. The van der Waals surface area contributed by atoms with E-state index in [2.05, 4.69) is 21.9 Å². The van der Waals surface area contributed by atoms with Crippen molar-refractivity contribution in [2.45, 2.75) is 33.6 Å². The van der Waals surface area contributed by atoms with Gasteiger partial charge >= 0.3 is 0 Å². The van der Waals surface area contributed by atoms with Gasteiger partial charge in [0.05, 0.1) is 0 Å². The second kappa shape index (κ2) is 6.14. The first-order valence-electron chi connectivity index (χ1n) is 5.87. The van der Waals surface area contributed by atoms with Gasteiger partial charge in [-0.05, 0) is 27.2 Å². The molecule has 0 spiro atoms. The molecule has 1 aromatic rings. The van der Waals surface area contributed by atoms with Gasteiger partial charge in [-0.15, -0.1) is 0 Å². The summed E-state index contributed by atoms with van der Waals surface area (Å²) in [6.45, 7) is 9.54. The molecule has 18 heavy (non-hydrogen) atoms. The van der Waals surface area contributed by atoms with Crippen molar-refractivity contribution in [1.29, 1.82) is 0 Å². The molecule has 0 fully saturated rings. The monoisotopic (exact) mass is 249 g/mol. The third-order valence-electron chi connectivity index (χ3n) is 2.53. The Morgan fingerprint density at radius 2 is 2.11 bits per heavy atom. The second-order valence-corrected chi connectivity index (χ2v) is 4.45.